The van der Waals surface area contributed by atoms with Crippen molar-refractivity contribution >= 4 is 0 Å². The second-order valence-corrected chi connectivity index (χ2v) is 7.11. The second kappa shape index (κ2) is 6.01. The van der Waals surface area contributed by atoms with Crippen LogP contribution in [0, 0.1) is 12.3 Å². The van der Waals surface area contributed by atoms with Crippen LogP contribution in [0.15, 0.2) is 6.20 Å². The van der Waals surface area contributed by atoms with Gasteiger partial charge in [-0.1, -0.05) is 13.8 Å². The van der Waals surface area contributed by atoms with Gasteiger partial charge in [-0.05, 0) is 51.9 Å². The molecule has 0 aromatic carbocycles. The standard InChI is InChI=1S/C17H29N3O/c1-6-21-17(9-7-16(4,5)8-10-17)15-19-11-14(12(2)18)13(3)20-15/h11-12H,6-10,18H2,1-5H3/t12-/m1/s1. The SMILES string of the molecule is CCOC1(c2ncc([C@@H](C)N)c(C)n2)CCC(C)(C)CC1. The highest BCUT2D eigenvalue weighted by molar-refractivity contribution is 5.21. The first-order chi connectivity index (χ1) is 9.80. The molecular weight excluding hydrogens is 262 g/mol. The van der Waals surface area contributed by atoms with Gasteiger partial charge >= 0.3 is 0 Å². The molecule has 1 saturated carbocycles. The van der Waals surface area contributed by atoms with Gasteiger partial charge in [-0.2, -0.15) is 0 Å². The van der Waals surface area contributed by atoms with Crippen LogP contribution >= 0.6 is 0 Å². The van der Waals surface area contributed by atoms with Crippen LogP contribution in [0.4, 0.5) is 0 Å². The highest BCUT2D eigenvalue weighted by Crippen LogP contribution is 2.46. The summed E-state index contributed by atoms with van der Waals surface area (Å²) in [4.78, 5) is 9.35. The molecule has 0 spiro atoms. The van der Waals surface area contributed by atoms with E-state index in [1.807, 2.05) is 27.0 Å². The Morgan fingerprint density at radius 2 is 1.90 bits per heavy atom. The van der Waals surface area contributed by atoms with Crippen molar-refractivity contribution in [3.05, 3.63) is 23.3 Å². The summed E-state index contributed by atoms with van der Waals surface area (Å²) in [6.45, 7) is 11.4. The van der Waals surface area contributed by atoms with E-state index in [1.54, 1.807) is 0 Å². The summed E-state index contributed by atoms with van der Waals surface area (Å²) >= 11 is 0. The van der Waals surface area contributed by atoms with Crippen molar-refractivity contribution < 1.29 is 4.74 Å². The van der Waals surface area contributed by atoms with Crippen molar-refractivity contribution in [1.82, 2.24) is 9.97 Å². The van der Waals surface area contributed by atoms with Crippen molar-refractivity contribution in [2.45, 2.75) is 71.9 Å². The maximum Gasteiger partial charge on any atom is 0.160 e. The summed E-state index contributed by atoms with van der Waals surface area (Å²) in [6.07, 6.45) is 6.15. The van der Waals surface area contributed by atoms with Gasteiger partial charge in [-0.3, -0.25) is 0 Å². The van der Waals surface area contributed by atoms with Gasteiger partial charge < -0.3 is 10.5 Å². The first kappa shape index (κ1) is 16.4. The van der Waals surface area contributed by atoms with E-state index < -0.39 is 0 Å². The molecule has 2 rings (SSSR count). The lowest BCUT2D eigenvalue weighted by atomic mass is 9.70. The van der Waals surface area contributed by atoms with Crippen molar-refractivity contribution in [3.8, 4) is 0 Å². The van der Waals surface area contributed by atoms with Gasteiger partial charge in [0.05, 0.1) is 0 Å². The van der Waals surface area contributed by atoms with Crippen LogP contribution in [0.1, 0.15) is 76.5 Å². The van der Waals surface area contributed by atoms with Crippen LogP contribution in [0.2, 0.25) is 0 Å². The molecular formula is C17H29N3O. The Bertz CT molecular complexity index is 487. The van der Waals surface area contributed by atoms with E-state index >= 15 is 0 Å². The number of hydrogen-bond donors (Lipinski definition) is 1. The molecule has 2 N–H and O–H groups in total. The summed E-state index contributed by atoms with van der Waals surface area (Å²) in [7, 11) is 0. The first-order valence-electron chi connectivity index (χ1n) is 8.03. The van der Waals surface area contributed by atoms with E-state index in [0.717, 1.165) is 42.8 Å². The quantitative estimate of drug-likeness (QED) is 0.920. The number of nitrogens with two attached hydrogens (primary N) is 1. The molecule has 1 aromatic heterocycles. The van der Waals surface area contributed by atoms with Crippen LogP contribution in [0.3, 0.4) is 0 Å². The zero-order valence-electron chi connectivity index (χ0n) is 14.1. The molecule has 118 valence electrons. The highest BCUT2D eigenvalue weighted by Gasteiger charge is 2.42. The molecule has 0 saturated heterocycles. The zero-order chi connectivity index (χ0) is 15.7. The van der Waals surface area contributed by atoms with E-state index in [1.165, 1.54) is 0 Å². The van der Waals surface area contributed by atoms with Gasteiger partial charge in [0.1, 0.15) is 5.60 Å². The Kier molecular flexibility index (Phi) is 4.69. The lowest BCUT2D eigenvalue weighted by Crippen LogP contribution is -2.39. The summed E-state index contributed by atoms with van der Waals surface area (Å²) in [6, 6.07) is -0.0348. The molecule has 0 unspecified atom stereocenters. The Morgan fingerprint density at radius 1 is 1.29 bits per heavy atom. The summed E-state index contributed by atoms with van der Waals surface area (Å²) < 4.78 is 6.15. The van der Waals surface area contributed by atoms with Crippen LogP contribution in [-0.4, -0.2) is 16.6 Å². The zero-order valence-corrected chi connectivity index (χ0v) is 14.1. The predicted molar refractivity (Wildman–Crippen MR) is 84.9 cm³/mol. The Hall–Kier alpha value is -1.00. The molecule has 4 heteroatoms. The maximum atomic E-state index is 6.15. The minimum atomic E-state index is -0.314. The predicted octanol–water partition coefficient (Wildman–Crippen LogP) is 3.64. The number of rotatable bonds is 4. The van der Waals surface area contributed by atoms with E-state index in [4.69, 9.17) is 15.5 Å². The molecule has 1 aliphatic carbocycles. The van der Waals surface area contributed by atoms with Crippen molar-refractivity contribution in [3.63, 3.8) is 0 Å². The minimum absolute atomic E-state index is 0.0348. The number of aromatic nitrogens is 2. The molecule has 0 bridgehead atoms. The molecule has 1 atom stereocenters. The lowest BCUT2D eigenvalue weighted by molar-refractivity contribution is -0.0949. The molecule has 1 aromatic rings. The van der Waals surface area contributed by atoms with Crippen LogP contribution in [-0.2, 0) is 10.3 Å². The number of aryl methyl sites for hydroxylation is 1. The highest BCUT2D eigenvalue weighted by atomic mass is 16.5. The molecule has 0 radical (unpaired) electrons. The summed E-state index contributed by atoms with van der Waals surface area (Å²) in [5.41, 5.74) is 8.02. The van der Waals surface area contributed by atoms with Crippen molar-refractivity contribution in [1.29, 1.82) is 0 Å². The van der Waals surface area contributed by atoms with Crippen molar-refractivity contribution in [2.75, 3.05) is 6.61 Å². The van der Waals surface area contributed by atoms with Crippen molar-refractivity contribution in [2.24, 2.45) is 11.1 Å². The molecule has 0 aliphatic heterocycles. The van der Waals surface area contributed by atoms with Gasteiger partial charge in [-0.15, -0.1) is 0 Å². The van der Waals surface area contributed by atoms with Gasteiger partial charge in [0.2, 0.25) is 0 Å². The second-order valence-electron chi connectivity index (χ2n) is 7.11. The Balaban J connectivity index is 2.33. The van der Waals surface area contributed by atoms with Gasteiger partial charge in [0.15, 0.2) is 5.82 Å². The first-order valence-corrected chi connectivity index (χ1v) is 8.03. The van der Waals surface area contributed by atoms with E-state index in [0.29, 0.717) is 12.0 Å². The molecule has 21 heavy (non-hydrogen) atoms. The summed E-state index contributed by atoms with van der Waals surface area (Å²) in [5.74, 6) is 0.835. The van der Waals surface area contributed by atoms with E-state index in [9.17, 15) is 0 Å². The smallest absolute Gasteiger partial charge is 0.160 e. The van der Waals surface area contributed by atoms with Gasteiger partial charge in [0, 0.05) is 30.1 Å². The molecule has 1 heterocycles. The maximum absolute atomic E-state index is 6.15. The monoisotopic (exact) mass is 291 g/mol. The van der Waals surface area contributed by atoms with E-state index in [2.05, 4.69) is 18.8 Å². The molecule has 0 amide bonds. The average molecular weight is 291 g/mol. The van der Waals surface area contributed by atoms with E-state index in [-0.39, 0.29) is 11.6 Å². The fourth-order valence-electron chi connectivity index (χ4n) is 3.18. The van der Waals surface area contributed by atoms with Gasteiger partial charge in [-0.25, -0.2) is 9.97 Å². The third-order valence-electron chi connectivity index (χ3n) is 4.75. The third kappa shape index (κ3) is 3.43. The number of nitrogens with zero attached hydrogens (tertiary/aromatic N) is 2. The Labute approximate surface area is 128 Å². The molecule has 1 aliphatic rings. The normalized spacial score (nSPS) is 22.0. The molecule has 4 nitrogen and oxygen atoms in total. The Morgan fingerprint density at radius 3 is 2.38 bits per heavy atom. The van der Waals surface area contributed by atoms with Crippen LogP contribution in [0.5, 0.6) is 0 Å². The fourth-order valence-corrected chi connectivity index (χ4v) is 3.18. The molecule has 1 fully saturated rings. The van der Waals surface area contributed by atoms with Crippen LogP contribution < -0.4 is 5.73 Å². The topological polar surface area (TPSA) is 61.0 Å². The summed E-state index contributed by atoms with van der Waals surface area (Å²) in [5, 5.41) is 0. The van der Waals surface area contributed by atoms with Gasteiger partial charge in [0.25, 0.3) is 0 Å². The largest absolute Gasteiger partial charge is 0.367 e. The number of hydrogen-bond acceptors (Lipinski definition) is 4. The fraction of sp³-hybridized carbons (Fsp3) is 0.765. The lowest BCUT2D eigenvalue weighted by Gasteiger charge is -2.42. The number of ether oxygens (including phenoxy) is 1. The minimum Gasteiger partial charge on any atom is -0.367 e. The average Bonchev–Trinajstić information content (AvgIpc) is 2.41. The van der Waals surface area contributed by atoms with Crippen LogP contribution in [0.25, 0.3) is 0 Å². The third-order valence-corrected chi connectivity index (χ3v) is 4.75.